The van der Waals surface area contributed by atoms with Gasteiger partial charge in [0.15, 0.2) is 0 Å². The van der Waals surface area contributed by atoms with E-state index in [9.17, 15) is 14.0 Å². The van der Waals surface area contributed by atoms with Crippen LogP contribution in [0.2, 0.25) is 0 Å². The van der Waals surface area contributed by atoms with Crippen LogP contribution in [0, 0.1) is 5.82 Å². The summed E-state index contributed by atoms with van der Waals surface area (Å²) in [6.07, 6.45) is 1.95. The molecule has 2 amide bonds. The normalized spacial score (nSPS) is 23.1. The van der Waals surface area contributed by atoms with Crippen molar-refractivity contribution >= 4 is 11.8 Å². The van der Waals surface area contributed by atoms with Gasteiger partial charge in [-0.05, 0) is 55.3 Å². The molecule has 2 aliphatic heterocycles. The van der Waals surface area contributed by atoms with Gasteiger partial charge in [-0.15, -0.1) is 0 Å². The topological polar surface area (TPSA) is 73.9 Å². The first-order chi connectivity index (χ1) is 16.4. The van der Waals surface area contributed by atoms with Crippen molar-refractivity contribution < 1.29 is 18.7 Å². The lowest BCUT2D eigenvalue weighted by Crippen LogP contribution is -2.49. The van der Waals surface area contributed by atoms with Gasteiger partial charge in [0.05, 0.1) is 7.11 Å². The van der Waals surface area contributed by atoms with Crippen LogP contribution in [0.15, 0.2) is 48.5 Å². The van der Waals surface area contributed by atoms with Crippen LogP contribution in [0.1, 0.15) is 30.4 Å². The molecule has 0 aromatic heterocycles. The number of methoxy groups -OCH3 is 1. The van der Waals surface area contributed by atoms with Crippen molar-refractivity contribution in [3.8, 4) is 5.75 Å². The van der Waals surface area contributed by atoms with Crippen molar-refractivity contribution in [1.29, 1.82) is 0 Å². The quantitative estimate of drug-likeness (QED) is 0.622. The molecule has 0 saturated carbocycles. The zero-order valence-corrected chi connectivity index (χ0v) is 19.8. The van der Waals surface area contributed by atoms with Crippen molar-refractivity contribution in [2.24, 2.45) is 0 Å². The molecular formula is C26H33FN4O3. The molecular weight excluding hydrogens is 435 g/mol. The lowest BCUT2D eigenvalue weighted by molar-refractivity contribution is -0.126. The van der Waals surface area contributed by atoms with Crippen molar-refractivity contribution in [3.63, 3.8) is 0 Å². The number of hydrogen-bond donors (Lipinski definition) is 2. The largest absolute Gasteiger partial charge is 0.497 e. The van der Waals surface area contributed by atoms with E-state index < -0.39 is 0 Å². The molecule has 0 unspecified atom stereocenters. The van der Waals surface area contributed by atoms with Gasteiger partial charge in [-0.3, -0.25) is 19.4 Å². The standard InChI is InChI=1S/C26H33FN4O3/c1-30-21(9-12-24(32)28-15-18-3-7-20(27)8-4-18)16-29-26(33)25-23(30)13-14-31(25)17-19-5-10-22(34-2)11-6-19/h3-8,10-11,21,23,25H,9,12-17H2,1-2H3,(H,28,32)(H,29,33)/t21-,23-,25-/m0/s1. The van der Waals surface area contributed by atoms with Crippen molar-refractivity contribution in [1.82, 2.24) is 20.4 Å². The maximum absolute atomic E-state index is 13.0. The number of likely N-dealkylation sites (N-methyl/N-ethyl adjacent to an activating group) is 1. The minimum Gasteiger partial charge on any atom is -0.497 e. The number of hydrogen-bond acceptors (Lipinski definition) is 5. The summed E-state index contributed by atoms with van der Waals surface area (Å²) >= 11 is 0. The van der Waals surface area contributed by atoms with Crippen molar-refractivity contribution in [2.45, 2.75) is 50.5 Å². The lowest BCUT2D eigenvalue weighted by Gasteiger charge is -2.33. The molecule has 0 radical (unpaired) electrons. The summed E-state index contributed by atoms with van der Waals surface area (Å²) in [4.78, 5) is 29.9. The van der Waals surface area contributed by atoms with Gasteiger partial charge in [-0.25, -0.2) is 4.39 Å². The Morgan fingerprint density at radius 2 is 1.85 bits per heavy atom. The SMILES string of the molecule is COc1ccc(CN2CC[C@H]3[C@H]2C(=O)NC[C@H](CCC(=O)NCc2ccc(F)cc2)N3C)cc1. The number of carbonyl (C=O) groups excluding carboxylic acids is 2. The van der Waals surface area contributed by atoms with Crippen LogP contribution in [0.3, 0.4) is 0 Å². The fraction of sp³-hybridized carbons (Fsp3) is 0.462. The minimum atomic E-state index is -0.290. The zero-order chi connectivity index (χ0) is 24.1. The maximum Gasteiger partial charge on any atom is 0.239 e. The van der Waals surface area contributed by atoms with Crippen LogP contribution in [-0.4, -0.2) is 67.0 Å². The van der Waals surface area contributed by atoms with E-state index >= 15 is 0 Å². The minimum absolute atomic E-state index is 0.0441. The molecule has 0 aliphatic carbocycles. The summed E-state index contributed by atoms with van der Waals surface area (Å²) in [5.74, 6) is 0.546. The summed E-state index contributed by atoms with van der Waals surface area (Å²) in [7, 11) is 3.72. The van der Waals surface area contributed by atoms with Gasteiger partial charge < -0.3 is 15.4 Å². The molecule has 34 heavy (non-hydrogen) atoms. The third-order valence-corrected chi connectivity index (χ3v) is 7.00. The van der Waals surface area contributed by atoms with Crippen LogP contribution in [0.25, 0.3) is 0 Å². The van der Waals surface area contributed by atoms with E-state index in [0.717, 1.165) is 29.8 Å². The average molecular weight is 469 g/mol. The fourth-order valence-corrected chi connectivity index (χ4v) is 4.98. The zero-order valence-electron chi connectivity index (χ0n) is 19.8. The molecule has 0 spiro atoms. The predicted molar refractivity (Wildman–Crippen MR) is 128 cm³/mol. The molecule has 2 aromatic carbocycles. The van der Waals surface area contributed by atoms with Gasteiger partial charge >= 0.3 is 0 Å². The molecule has 8 heteroatoms. The molecule has 3 atom stereocenters. The van der Waals surface area contributed by atoms with Crippen LogP contribution >= 0.6 is 0 Å². The van der Waals surface area contributed by atoms with Gasteiger partial charge in [0.25, 0.3) is 0 Å². The molecule has 7 nitrogen and oxygen atoms in total. The number of carbonyl (C=O) groups is 2. The first-order valence-corrected chi connectivity index (χ1v) is 11.8. The van der Waals surface area contributed by atoms with Crippen molar-refractivity contribution in [2.75, 3.05) is 27.2 Å². The summed E-state index contributed by atoms with van der Waals surface area (Å²) in [5, 5.41) is 6.01. The summed E-state index contributed by atoms with van der Waals surface area (Å²) in [6.45, 7) is 2.47. The maximum atomic E-state index is 13.0. The fourth-order valence-electron chi connectivity index (χ4n) is 4.98. The number of rotatable bonds is 8. The van der Waals surface area contributed by atoms with E-state index in [1.165, 1.54) is 12.1 Å². The third kappa shape index (κ3) is 5.74. The number of nitrogens with zero attached hydrogens (tertiary/aromatic N) is 2. The molecule has 4 rings (SSSR count). The van der Waals surface area contributed by atoms with Gasteiger partial charge in [0.2, 0.25) is 11.8 Å². The molecule has 2 heterocycles. The number of halogens is 1. The van der Waals surface area contributed by atoms with E-state index in [0.29, 0.717) is 32.5 Å². The van der Waals surface area contributed by atoms with Crippen molar-refractivity contribution in [3.05, 3.63) is 65.5 Å². The first-order valence-electron chi connectivity index (χ1n) is 11.8. The molecule has 182 valence electrons. The highest BCUT2D eigenvalue weighted by Gasteiger charge is 2.44. The average Bonchev–Trinajstić information content (AvgIpc) is 3.22. The second-order valence-corrected chi connectivity index (χ2v) is 9.13. The molecule has 0 bridgehead atoms. The van der Waals surface area contributed by atoms with Crippen LogP contribution < -0.4 is 15.4 Å². The highest BCUT2D eigenvalue weighted by atomic mass is 19.1. The Labute approximate surface area is 200 Å². The first kappa shape index (κ1) is 24.2. The highest BCUT2D eigenvalue weighted by Crippen LogP contribution is 2.29. The Balaban J connectivity index is 1.31. The number of likely N-dealkylation sites (tertiary alicyclic amines) is 1. The van der Waals surface area contributed by atoms with Gasteiger partial charge in [-0.1, -0.05) is 24.3 Å². The van der Waals surface area contributed by atoms with E-state index in [4.69, 9.17) is 4.74 Å². The van der Waals surface area contributed by atoms with Crippen LogP contribution in [0.5, 0.6) is 5.75 Å². The lowest BCUT2D eigenvalue weighted by atomic mass is 10.0. The number of fused-ring (bicyclic) bond motifs is 1. The number of ether oxygens (including phenoxy) is 1. The van der Waals surface area contributed by atoms with Gasteiger partial charge in [0.1, 0.15) is 17.6 Å². The van der Waals surface area contributed by atoms with E-state index in [2.05, 4.69) is 27.5 Å². The Morgan fingerprint density at radius 3 is 2.56 bits per heavy atom. The van der Waals surface area contributed by atoms with Gasteiger partial charge in [0, 0.05) is 44.7 Å². The Morgan fingerprint density at radius 1 is 1.15 bits per heavy atom. The van der Waals surface area contributed by atoms with E-state index in [1.807, 2.05) is 24.3 Å². The second-order valence-electron chi connectivity index (χ2n) is 9.13. The molecule has 2 N–H and O–H groups in total. The summed E-state index contributed by atoms with van der Waals surface area (Å²) in [5.41, 5.74) is 2.01. The number of nitrogens with one attached hydrogen (secondary N) is 2. The molecule has 2 fully saturated rings. The summed E-state index contributed by atoms with van der Waals surface area (Å²) < 4.78 is 18.3. The van der Waals surface area contributed by atoms with Crippen LogP contribution in [0.4, 0.5) is 4.39 Å². The number of amides is 2. The Hall–Kier alpha value is -2.97. The van der Waals surface area contributed by atoms with Gasteiger partial charge in [-0.2, -0.15) is 0 Å². The highest BCUT2D eigenvalue weighted by molar-refractivity contribution is 5.83. The molecule has 2 aromatic rings. The monoisotopic (exact) mass is 468 g/mol. The molecule has 2 saturated heterocycles. The Bertz CT molecular complexity index is 983. The van der Waals surface area contributed by atoms with E-state index in [-0.39, 0.29) is 35.8 Å². The summed E-state index contributed by atoms with van der Waals surface area (Å²) in [6, 6.07) is 14.1. The molecule has 2 aliphatic rings. The third-order valence-electron chi connectivity index (χ3n) is 7.00. The van der Waals surface area contributed by atoms with E-state index in [1.54, 1.807) is 19.2 Å². The second kappa shape index (κ2) is 11.0. The predicted octanol–water partition coefficient (Wildman–Crippen LogP) is 2.30. The Kier molecular flexibility index (Phi) is 7.80. The number of benzene rings is 2. The van der Waals surface area contributed by atoms with Crippen LogP contribution in [-0.2, 0) is 22.7 Å². The smallest absolute Gasteiger partial charge is 0.239 e.